The van der Waals surface area contributed by atoms with E-state index in [1.807, 2.05) is 42.5 Å². The van der Waals surface area contributed by atoms with Crippen molar-refractivity contribution in [1.82, 2.24) is 20.3 Å². The van der Waals surface area contributed by atoms with Gasteiger partial charge >= 0.3 is 0 Å². The number of carbonyl (C=O) groups excluding carboxylic acids is 1. The van der Waals surface area contributed by atoms with Gasteiger partial charge in [-0.1, -0.05) is 61.7 Å². The van der Waals surface area contributed by atoms with E-state index in [1.165, 1.54) is 24.8 Å². The van der Waals surface area contributed by atoms with Crippen LogP contribution in [0.1, 0.15) is 53.6 Å². The second kappa shape index (κ2) is 17.9. The first kappa shape index (κ1) is 31.1. The fourth-order valence-corrected chi connectivity index (χ4v) is 4.69. The SMILES string of the molecule is NCCOCCOCCNC(=O)c1ccc(CNc2nc(NCCc3ccccc3)nc(NC3CCCCC3)n2)cc1. The van der Waals surface area contributed by atoms with Gasteiger partial charge in [-0.3, -0.25) is 4.79 Å². The Balaban J connectivity index is 1.27. The molecule has 3 aromatic rings. The van der Waals surface area contributed by atoms with Crippen LogP contribution in [-0.4, -0.2) is 73.0 Å². The van der Waals surface area contributed by atoms with Gasteiger partial charge in [0.1, 0.15) is 0 Å². The zero-order valence-corrected chi connectivity index (χ0v) is 24.3. The van der Waals surface area contributed by atoms with Crippen LogP contribution in [0.4, 0.5) is 17.8 Å². The van der Waals surface area contributed by atoms with Gasteiger partial charge in [0.05, 0.1) is 26.4 Å². The maximum Gasteiger partial charge on any atom is 0.251 e. The van der Waals surface area contributed by atoms with Crippen molar-refractivity contribution in [1.29, 1.82) is 0 Å². The summed E-state index contributed by atoms with van der Waals surface area (Å²) in [6, 6.07) is 18.2. The summed E-state index contributed by atoms with van der Waals surface area (Å²) in [5.74, 6) is 1.49. The number of nitrogens with two attached hydrogens (primary N) is 1. The Kier molecular flexibility index (Phi) is 13.3. The van der Waals surface area contributed by atoms with E-state index in [0.29, 0.717) is 75.5 Å². The number of amides is 1. The van der Waals surface area contributed by atoms with E-state index in [-0.39, 0.29) is 5.91 Å². The average Bonchev–Trinajstić information content (AvgIpc) is 3.02. The molecule has 0 atom stereocenters. The van der Waals surface area contributed by atoms with E-state index in [1.54, 1.807) is 0 Å². The lowest BCUT2D eigenvalue weighted by molar-refractivity contribution is 0.0511. The summed E-state index contributed by atoms with van der Waals surface area (Å²) in [5, 5.41) is 13.1. The minimum atomic E-state index is -0.139. The molecule has 2 aromatic carbocycles. The molecule has 1 aliphatic rings. The van der Waals surface area contributed by atoms with E-state index in [9.17, 15) is 4.79 Å². The van der Waals surface area contributed by atoms with Gasteiger partial charge in [0.15, 0.2) is 0 Å². The Morgan fingerprint density at radius 3 is 2.19 bits per heavy atom. The highest BCUT2D eigenvalue weighted by Gasteiger charge is 2.16. The molecule has 1 fully saturated rings. The molecule has 0 spiro atoms. The summed E-state index contributed by atoms with van der Waals surface area (Å²) in [6.45, 7) is 4.07. The monoisotopic (exact) mass is 576 g/mol. The molecule has 11 nitrogen and oxygen atoms in total. The van der Waals surface area contributed by atoms with Crippen molar-refractivity contribution in [3.63, 3.8) is 0 Å². The maximum atomic E-state index is 12.5. The first-order valence-corrected chi connectivity index (χ1v) is 15.0. The number of anilines is 3. The molecule has 1 heterocycles. The highest BCUT2D eigenvalue weighted by Crippen LogP contribution is 2.21. The first-order chi connectivity index (χ1) is 20.7. The van der Waals surface area contributed by atoms with Crippen molar-refractivity contribution in [3.8, 4) is 0 Å². The van der Waals surface area contributed by atoms with Crippen LogP contribution in [-0.2, 0) is 22.4 Å². The normalized spacial score (nSPS) is 13.5. The molecule has 0 bridgehead atoms. The molecule has 0 saturated heterocycles. The molecule has 226 valence electrons. The molecular weight excluding hydrogens is 532 g/mol. The standard InChI is InChI=1S/C31H44N8O3/c32-16-19-41-21-22-42-20-18-33-28(40)26-13-11-25(12-14-26)23-35-30-37-29(34-17-15-24-7-3-1-4-8-24)38-31(39-30)36-27-9-5-2-6-10-27/h1,3-4,7-8,11-14,27H,2,5-6,9-10,15-23,32H2,(H,33,40)(H3,34,35,36,37,38,39). The minimum absolute atomic E-state index is 0.139. The zero-order chi connectivity index (χ0) is 29.2. The third-order valence-electron chi connectivity index (χ3n) is 6.95. The molecular formula is C31H44N8O3. The number of ether oxygens (including phenoxy) is 2. The van der Waals surface area contributed by atoms with Crippen LogP contribution in [0.15, 0.2) is 54.6 Å². The molecule has 1 amide bonds. The minimum Gasteiger partial charge on any atom is -0.378 e. The van der Waals surface area contributed by atoms with Crippen molar-refractivity contribution in [2.24, 2.45) is 5.73 Å². The fourth-order valence-electron chi connectivity index (χ4n) is 4.69. The molecule has 0 radical (unpaired) electrons. The molecule has 11 heteroatoms. The van der Waals surface area contributed by atoms with Crippen LogP contribution in [0.25, 0.3) is 0 Å². The van der Waals surface area contributed by atoms with Crippen molar-refractivity contribution in [2.75, 3.05) is 62.0 Å². The number of carbonyl (C=O) groups is 1. The van der Waals surface area contributed by atoms with Crippen LogP contribution in [0.5, 0.6) is 0 Å². The maximum absolute atomic E-state index is 12.5. The number of benzene rings is 2. The van der Waals surface area contributed by atoms with Gasteiger partial charge in [-0.25, -0.2) is 0 Å². The molecule has 6 N–H and O–H groups in total. The lowest BCUT2D eigenvalue weighted by Crippen LogP contribution is -2.27. The molecule has 42 heavy (non-hydrogen) atoms. The Hall–Kier alpha value is -3.80. The number of hydrogen-bond donors (Lipinski definition) is 5. The summed E-state index contributed by atoms with van der Waals surface area (Å²) in [5.41, 5.74) is 8.23. The Labute approximate surface area is 248 Å². The predicted molar refractivity (Wildman–Crippen MR) is 166 cm³/mol. The highest BCUT2D eigenvalue weighted by atomic mass is 16.5. The van der Waals surface area contributed by atoms with E-state index >= 15 is 0 Å². The van der Waals surface area contributed by atoms with Crippen LogP contribution in [0.3, 0.4) is 0 Å². The van der Waals surface area contributed by atoms with Gasteiger partial charge in [0.2, 0.25) is 17.8 Å². The number of nitrogens with zero attached hydrogens (tertiary/aromatic N) is 3. The lowest BCUT2D eigenvalue weighted by atomic mass is 9.96. The Morgan fingerprint density at radius 1 is 0.762 bits per heavy atom. The highest BCUT2D eigenvalue weighted by molar-refractivity contribution is 5.94. The third-order valence-corrected chi connectivity index (χ3v) is 6.95. The summed E-state index contributed by atoms with van der Waals surface area (Å²) in [4.78, 5) is 26.4. The van der Waals surface area contributed by atoms with E-state index < -0.39 is 0 Å². The van der Waals surface area contributed by atoms with Crippen LogP contribution < -0.4 is 27.0 Å². The topological polar surface area (TPSA) is 148 Å². The van der Waals surface area contributed by atoms with Crippen LogP contribution in [0, 0.1) is 0 Å². The second-order valence-electron chi connectivity index (χ2n) is 10.3. The van der Waals surface area contributed by atoms with Gasteiger partial charge in [0, 0.05) is 37.8 Å². The fraction of sp³-hybridized carbons (Fsp3) is 0.484. The quantitative estimate of drug-likeness (QED) is 0.142. The Morgan fingerprint density at radius 2 is 1.45 bits per heavy atom. The molecule has 0 unspecified atom stereocenters. The third kappa shape index (κ3) is 11.2. The number of aromatic nitrogens is 3. The van der Waals surface area contributed by atoms with Gasteiger partial charge in [-0.15, -0.1) is 0 Å². The molecule has 4 rings (SSSR count). The van der Waals surface area contributed by atoms with Crippen molar-refractivity contribution < 1.29 is 14.3 Å². The summed E-state index contributed by atoms with van der Waals surface area (Å²) in [6.07, 6.45) is 6.86. The summed E-state index contributed by atoms with van der Waals surface area (Å²) < 4.78 is 10.7. The summed E-state index contributed by atoms with van der Waals surface area (Å²) >= 11 is 0. The van der Waals surface area contributed by atoms with Gasteiger partial charge in [-0.05, 0) is 42.5 Å². The number of rotatable bonds is 18. The summed E-state index contributed by atoms with van der Waals surface area (Å²) in [7, 11) is 0. The zero-order valence-electron chi connectivity index (χ0n) is 24.3. The Bertz CT molecular complexity index is 1190. The lowest BCUT2D eigenvalue weighted by Gasteiger charge is -2.23. The van der Waals surface area contributed by atoms with Crippen LogP contribution >= 0.6 is 0 Å². The number of hydrogen-bond acceptors (Lipinski definition) is 10. The van der Waals surface area contributed by atoms with Gasteiger partial charge < -0.3 is 36.5 Å². The van der Waals surface area contributed by atoms with Crippen molar-refractivity contribution in [3.05, 3.63) is 71.3 Å². The van der Waals surface area contributed by atoms with E-state index in [2.05, 4.69) is 48.4 Å². The first-order valence-electron chi connectivity index (χ1n) is 15.0. The number of nitrogens with one attached hydrogen (secondary N) is 4. The van der Waals surface area contributed by atoms with Crippen molar-refractivity contribution in [2.45, 2.75) is 51.1 Å². The smallest absolute Gasteiger partial charge is 0.251 e. The largest absolute Gasteiger partial charge is 0.378 e. The van der Waals surface area contributed by atoms with E-state index in [4.69, 9.17) is 15.2 Å². The van der Waals surface area contributed by atoms with Crippen LogP contribution in [0.2, 0.25) is 0 Å². The molecule has 1 aliphatic carbocycles. The van der Waals surface area contributed by atoms with Crippen molar-refractivity contribution >= 4 is 23.8 Å². The van der Waals surface area contributed by atoms with Gasteiger partial charge in [0.25, 0.3) is 5.91 Å². The van der Waals surface area contributed by atoms with E-state index in [0.717, 1.165) is 31.4 Å². The second-order valence-corrected chi connectivity index (χ2v) is 10.3. The van der Waals surface area contributed by atoms with Gasteiger partial charge in [-0.2, -0.15) is 15.0 Å². The predicted octanol–water partition coefficient (Wildman–Crippen LogP) is 3.60. The molecule has 1 saturated carbocycles. The molecule has 1 aromatic heterocycles. The molecule has 0 aliphatic heterocycles. The average molecular weight is 577 g/mol.